The summed E-state index contributed by atoms with van der Waals surface area (Å²) in [6.07, 6.45) is 1.44. The average molecular weight is 405 g/mol. The zero-order valence-corrected chi connectivity index (χ0v) is 16.9. The molecule has 1 amide bonds. The molecule has 9 heteroatoms. The van der Waals surface area contributed by atoms with E-state index in [9.17, 15) is 4.79 Å². The van der Waals surface area contributed by atoms with E-state index in [2.05, 4.69) is 25.8 Å². The van der Waals surface area contributed by atoms with Crippen molar-refractivity contribution in [1.29, 1.82) is 0 Å². The molecule has 1 aliphatic rings. The smallest absolute Gasteiger partial charge is 0.248 e. The number of carbonyl (C=O) groups excluding carboxylic acids is 1. The Labute approximate surface area is 169 Å². The number of likely N-dealkylation sites (tertiary alicyclic amines) is 1. The highest BCUT2D eigenvalue weighted by Gasteiger charge is 2.25. The Balaban J connectivity index is 1.60. The highest BCUT2D eigenvalue weighted by atomic mass is 35.5. The molecule has 2 heterocycles. The molecule has 0 radical (unpaired) electrons. The van der Waals surface area contributed by atoms with Gasteiger partial charge in [0.25, 0.3) is 0 Å². The lowest BCUT2D eigenvalue weighted by Gasteiger charge is -2.18. The Morgan fingerprint density at radius 3 is 2.86 bits per heavy atom. The second kappa shape index (κ2) is 9.54. The van der Waals surface area contributed by atoms with Crippen LogP contribution in [-0.2, 0) is 11.3 Å². The summed E-state index contributed by atoms with van der Waals surface area (Å²) in [6.45, 7) is 6.36. The van der Waals surface area contributed by atoms with Crippen molar-refractivity contribution in [1.82, 2.24) is 25.7 Å². The number of rotatable bonds is 6. The summed E-state index contributed by atoms with van der Waals surface area (Å²) in [7, 11) is 0. The van der Waals surface area contributed by atoms with E-state index in [0.29, 0.717) is 35.7 Å². The molecule has 2 aromatic rings. The van der Waals surface area contributed by atoms with Crippen molar-refractivity contribution in [2.45, 2.75) is 39.3 Å². The predicted octanol–water partition coefficient (Wildman–Crippen LogP) is 2.46. The number of carbonyl (C=O) groups is 1. The molecule has 0 saturated carbocycles. The van der Waals surface area contributed by atoms with Gasteiger partial charge in [-0.15, -0.1) is 0 Å². The monoisotopic (exact) mass is 404 g/mol. The van der Waals surface area contributed by atoms with E-state index in [-0.39, 0.29) is 18.5 Å². The van der Waals surface area contributed by atoms with Crippen molar-refractivity contribution in [3.05, 3.63) is 35.2 Å². The van der Waals surface area contributed by atoms with Crippen LogP contribution < -0.4 is 10.6 Å². The third kappa shape index (κ3) is 5.22. The molecule has 1 aromatic carbocycles. The molecule has 150 valence electrons. The molecular formula is C19H25ClN6O2. The van der Waals surface area contributed by atoms with E-state index >= 15 is 0 Å². The van der Waals surface area contributed by atoms with Crippen LogP contribution in [-0.4, -0.2) is 52.6 Å². The van der Waals surface area contributed by atoms with Gasteiger partial charge in [0.1, 0.15) is 6.54 Å². The first kappa shape index (κ1) is 20.1. The molecule has 1 fully saturated rings. The van der Waals surface area contributed by atoms with E-state index in [1.807, 2.05) is 30.9 Å². The van der Waals surface area contributed by atoms with Crippen molar-refractivity contribution in [2.24, 2.45) is 4.99 Å². The zero-order chi connectivity index (χ0) is 19.9. The largest absolute Gasteiger partial charge is 0.357 e. The number of aromatic nitrogens is 2. The second-order valence-electron chi connectivity index (χ2n) is 6.54. The lowest BCUT2D eigenvalue weighted by Crippen LogP contribution is -2.45. The Kier molecular flexibility index (Phi) is 6.86. The third-order valence-corrected chi connectivity index (χ3v) is 4.72. The van der Waals surface area contributed by atoms with Gasteiger partial charge in [-0.05, 0) is 37.6 Å². The fourth-order valence-electron chi connectivity index (χ4n) is 3.02. The van der Waals surface area contributed by atoms with E-state index in [4.69, 9.17) is 16.1 Å². The molecule has 2 N–H and O–H groups in total. The summed E-state index contributed by atoms with van der Waals surface area (Å²) < 4.78 is 5.30. The minimum Gasteiger partial charge on any atom is -0.357 e. The lowest BCUT2D eigenvalue weighted by molar-refractivity contribution is -0.129. The maximum Gasteiger partial charge on any atom is 0.248 e. The SMILES string of the molecule is CCNC(=NCc1nc(-c2ccc(Cl)cc2)no1)NC1CCN(C(=O)CC)C1. The summed E-state index contributed by atoms with van der Waals surface area (Å²) in [5.74, 6) is 1.79. The van der Waals surface area contributed by atoms with Gasteiger partial charge in [0.2, 0.25) is 17.6 Å². The summed E-state index contributed by atoms with van der Waals surface area (Å²) in [6, 6.07) is 7.43. The second-order valence-corrected chi connectivity index (χ2v) is 6.97. The molecule has 1 aromatic heterocycles. The van der Waals surface area contributed by atoms with Gasteiger partial charge < -0.3 is 20.1 Å². The van der Waals surface area contributed by atoms with Crippen LogP contribution in [0.25, 0.3) is 11.4 Å². The number of nitrogens with zero attached hydrogens (tertiary/aromatic N) is 4. The first-order valence-corrected chi connectivity index (χ1v) is 9.88. The number of amides is 1. The highest BCUT2D eigenvalue weighted by molar-refractivity contribution is 6.30. The number of benzene rings is 1. The van der Waals surface area contributed by atoms with Crippen LogP contribution in [0.4, 0.5) is 0 Å². The molecule has 1 saturated heterocycles. The minimum absolute atomic E-state index is 0.181. The predicted molar refractivity (Wildman–Crippen MR) is 108 cm³/mol. The molecule has 1 unspecified atom stereocenters. The van der Waals surface area contributed by atoms with E-state index < -0.39 is 0 Å². The van der Waals surface area contributed by atoms with Gasteiger partial charge in [0.05, 0.1) is 0 Å². The number of nitrogens with one attached hydrogen (secondary N) is 2. The van der Waals surface area contributed by atoms with Gasteiger partial charge in [0.15, 0.2) is 5.96 Å². The number of hydrogen-bond acceptors (Lipinski definition) is 5. The van der Waals surface area contributed by atoms with E-state index in [1.54, 1.807) is 12.1 Å². The number of hydrogen-bond donors (Lipinski definition) is 2. The zero-order valence-electron chi connectivity index (χ0n) is 16.1. The Hall–Kier alpha value is -2.61. The number of halogens is 1. The van der Waals surface area contributed by atoms with Gasteiger partial charge in [-0.1, -0.05) is 23.7 Å². The van der Waals surface area contributed by atoms with Crippen LogP contribution in [0.15, 0.2) is 33.8 Å². The molecule has 3 rings (SSSR count). The Morgan fingerprint density at radius 1 is 1.36 bits per heavy atom. The fourth-order valence-corrected chi connectivity index (χ4v) is 3.15. The van der Waals surface area contributed by atoms with Gasteiger partial charge in [0, 0.05) is 42.7 Å². The summed E-state index contributed by atoms with van der Waals surface area (Å²) in [4.78, 5) is 22.6. The van der Waals surface area contributed by atoms with Gasteiger partial charge >= 0.3 is 0 Å². The fraction of sp³-hybridized carbons (Fsp3) is 0.474. The quantitative estimate of drug-likeness (QED) is 0.567. The molecular weight excluding hydrogens is 380 g/mol. The van der Waals surface area contributed by atoms with Crippen molar-refractivity contribution >= 4 is 23.5 Å². The Morgan fingerprint density at radius 2 is 2.14 bits per heavy atom. The van der Waals surface area contributed by atoms with Crippen LogP contribution in [0.1, 0.15) is 32.6 Å². The maximum atomic E-state index is 11.8. The Bertz CT molecular complexity index is 820. The summed E-state index contributed by atoms with van der Waals surface area (Å²) >= 11 is 5.91. The van der Waals surface area contributed by atoms with Crippen LogP contribution in [0, 0.1) is 0 Å². The van der Waals surface area contributed by atoms with Crippen molar-refractivity contribution in [3.8, 4) is 11.4 Å². The lowest BCUT2D eigenvalue weighted by atomic mass is 10.2. The van der Waals surface area contributed by atoms with Crippen LogP contribution in [0.2, 0.25) is 5.02 Å². The van der Waals surface area contributed by atoms with Crippen molar-refractivity contribution in [3.63, 3.8) is 0 Å². The molecule has 0 aliphatic carbocycles. The van der Waals surface area contributed by atoms with Gasteiger partial charge in [-0.3, -0.25) is 4.79 Å². The maximum absolute atomic E-state index is 11.8. The molecule has 8 nitrogen and oxygen atoms in total. The molecule has 0 spiro atoms. The topological polar surface area (TPSA) is 95.7 Å². The summed E-state index contributed by atoms with van der Waals surface area (Å²) in [5, 5.41) is 11.3. The summed E-state index contributed by atoms with van der Waals surface area (Å²) in [5.41, 5.74) is 0.833. The van der Waals surface area contributed by atoms with Gasteiger partial charge in [-0.2, -0.15) is 4.98 Å². The van der Waals surface area contributed by atoms with Crippen LogP contribution >= 0.6 is 11.6 Å². The first-order chi connectivity index (χ1) is 13.6. The average Bonchev–Trinajstić information content (AvgIpc) is 3.36. The normalized spacial score (nSPS) is 17.0. The van der Waals surface area contributed by atoms with E-state index in [1.165, 1.54) is 0 Å². The standard InChI is InChI=1S/C19H25ClN6O2/c1-3-17(27)26-10-9-15(12-26)23-19(21-4-2)22-11-16-24-18(25-28-16)13-5-7-14(20)8-6-13/h5-8,15H,3-4,9-12H2,1-2H3,(H2,21,22,23). The molecule has 1 aliphatic heterocycles. The third-order valence-electron chi connectivity index (χ3n) is 4.47. The number of aliphatic imine (C=N–C) groups is 1. The minimum atomic E-state index is 0.181. The molecule has 1 atom stereocenters. The molecule has 28 heavy (non-hydrogen) atoms. The van der Waals surface area contributed by atoms with Crippen LogP contribution in [0.3, 0.4) is 0 Å². The number of guanidine groups is 1. The molecule has 0 bridgehead atoms. The first-order valence-electron chi connectivity index (χ1n) is 9.50. The van der Waals surface area contributed by atoms with Gasteiger partial charge in [-0.25, -0.2) is 4.99 Å². The highest BCUT2D eigenvalue weighted by Crippen LogP contribution is 2.18. The van der Waals surface area contributed by atoms with Crippen molar-refractivity contribution in [2.75, 3.05) is 19.6 Å². The van der Waals surface area contributed by atoms with E-state index in [0.717, 1.165) is 25.1 Å². The van der Waals surface area contributed by atoms with Crippen molar-refractivity contribution < 1.29 is 9.32 Å². The van der Waals surface area contributed by atoms with Crippen LogP contribution in [0.5, 0.6) is 0 Å².